The van der Waals surface area contributed by atoms with Gasteiger partial charge in [0.25, 0.3) is 0 Å². The van der Waals surface area contributed by atoms with Gasteiger partial charge < -0.3 is 20.1 Å². The molecule has 9 heteroatoms. The number of phosphoric acid groups is 1. The summed E-state index contributed by atoms with van der Waals surface area (Å²) < 4.78 is 33.6. The van der Waals surface area contributed by atoms with Crippen LogP contribution in [0.15, 0.2) is 36.5 Å². The number of phosphoric ester groups is 1. The summed E-state index contributed by atoms with van der Waals surface area (Å²) in [5, 5.41) is 0. The van der Waals surface area contributed by atoms with Gasteiger partial charge in [-0.05, 0) is 51.4 Å². The molecule has 0 saturated heterocycles. The molecular formula is C55H106NO7P. The fourth-order valence-corrected chi connectivity index (χ4v) is 8.77. The molecule has 0 aliphatic heterocycles. The van der Waals surface area contributed by atoms with Crippen molar-refractivity contribution in [2.45, 2.75) is 277 Å². The Morgan fingerprint density at radius 3 is 1.23 bits per heavy atom. The molecule has 0 saturated carbocycles. The van der Waals surface area contributed by atoms with E-state index in [-0.39, 0.29) is 32.3 Å². The Morgan fingerprint density at radius 2 is 0.828 bits per heavy atom. The summed E-state index contributed by atoms with van der Waals surface area (Å²) in [4.78, 5) is 22.6. The Kier molecular flexibility index (Phi) is 51.6. The fraction of sp³-hybridized carbons (Fsp3) is 0.873. The molecule has 64 heavy (non-hydrogen) atoms. The van der Waals surface area contributed by atoms with Crippen LogP contribution in [0.3, 0.4) is 0 Å². The van der Waals surface area contributed by atoms with Gasteiger partial charge in [-0.2, -0.15) is 0 Å². The van der Waals surface area contributed by atoms with E-state index in [9.17, 15) is 14.3 Å². The maximum atomic E-state index is 12.7. The van der Waals surface area contributed by atoms with Gasteiger partial charge in [0.05, 0.1) is 19.8 Å². The predicted molar refractivity (Wildman–Crippen MR) is 275 cm³/mol. The minimum Gasteiger partial charge on any atom is -0.457 e. The van der Waals surface area contributed by atoms with Crippen molar-refractivity contribution >= 4 is 13.8 Å². The number of rotatable bonds is 53. The molecule has 0 rings (SSSR count). The van der Waals surface area contributed by atoms with Crippen LogP contribution in [0.1, 0.15) is 271 Å². The van der Waals surface area contributed by atoms with Gasteiger partial charge in [-0.25, -0.2) is 4.57 Å². The molecule has 0 aliphatic rings. The summed E-state index contributed by atoms with van der Waals surface area (Å²) in [7, 11) is -4.29. The Labute approximate surface area is 397 Å². The van der Waals surface area contributed by atoms with Gasteiger partial charge in [-0.3, -0.25) is 13.8 Å². The van der Waals surface area contributed by atoms with Gasteiger partial charge in [0.1, 0.15) is 6.10 Å². The molecule has 8 nitrogen and oxygen atoms in total. The van der Waals surface area contributed by atoms with Crippen molar-refractivity contribution in [3.05, 3.63) is 36.5 Å². The Morgan fingerprint density at radius 1 is 0.469 bits per heavy atom. The molecule has 0 aromatic heterocycles. The van der Waals surface area contributed by atoms with Crippen molar-refractivity contribution in [3.8, 4) is 0 Å². The van der Waals surface area contributed by atoms with Crippen LogP contribution in [0.25, 0.3) is 0 Å². The van der Waals surface area contributed by atoms with E-state index in [1.807, 2.05) is 0 Å². The number of esters is 1. The fourth-order valence-electron chi connectivity index (χ4n) is 8.01. The van der Waals surface area contributed by atoms with Gasteiger partial charge in [0, 0.05) is 19.6 Å². The van der Waals surface area contributed by atoms with E-state index < -0.39 is 13.9 Å². The van der Waals surface area contributed by atoms with E-state index in [4.69, 9.17) is 24.3 Å². The monoisotopic (exact) mass is 924 g/mol. The van der Waals surface area contributed by atoms with E-state index >= 15 is 0 Å². The Bertz CT molecular complexity index is 1080. The third-order valence-corrected chi connectivity index (χ3v) is 13.0. The lowest BCUT2D eigenvalue weighted by Gasteiger charge is -2.20. The van der Waals surface area contributed by atoms with Crippen LogP contribution in [0.5, 0.6) is 0 Å². The number of hydrogen-bond acceptors (Lipinski definition) is 7. The van der Waals surface area contributed by atoms with Crippen molar-refractivity contribution in [3.63, 3.8) is 0 Å². The largest absolute Gasteiger partial charge is 0.472 e. The normalized spacial score (nSPS) is 13.5. The van der Waals surface area contributed by atoms with Crippen molar-refractivity contribution < 1.29 is 32.8 Å². The van der Waals surface area contributed by atoms with Gasteiger partial charge in [0.15, 0.2) is 0 Å². The van der Waals surface area contributed by atoms with Gasteiger partial charge in [-0.15, -0.1) is 0 Å². The molecule has 2 atom stereocenters. The second-order valence-electron chi connectivity index (χ2n) is 18.5. The molecule has 0 heterocycles. The maximum Gasteiger partial charge on any atom is 0.472 e. The molecule has 0 spiro atoms. The first-order chi connectivity index (χ1) is 31.4. The topological polar surface area (TPSA) is 117 Å². The van der Waals surface area contributed by atoms with E-state index in [0.29, 0.717) is 13.0 Å². The SMILES string of the molecule is CCCCCCC/C=C\C/C=C\C/C=C\CCCCCCCCC(=O)OC(COCCCCCCCCCCCCCCCCCCCCCCCCCC)COP(=O)(O)OCCN. The molecule has 0 aliphatic carbocycles. The molecule has 0 radical (unpaired) electrons. The van der Waals surface area contributed by atoms with Crippen molar-refractivity contribution in [2.24, 2.45) is 5.73 Å². The summed E-state index contributed by atoms with van der Waals surface area (Å²) >= 11 is 0. The van der Waals surface area contributed by atoms with Crippen molar-refractivity contribution in [1.29, 1.82) is 0 Å². The standard InChI is InChI=1S/C55H106NO7P/c1-3-5-7-9-11-13-15-17-19-21-23-25-26-27-29-31-33-35-37-39-41-43-45-47-50-60-52-54(53-62-64(58,59)61-51-49-56)63-55(57)48-46-44-42-40-38-36-34-32-30-28-24-22-20-18-16-14-12-10-8-6-4-2/h16,18,22,24,30,32,54H,3-15,17,19-21,23,25-29,31,33-53,56H2,1-2H3,(H,58,59)/b18-16-,24-22-,32-30-. The number of hydrogen-bond donors (Lipinski definition) is 2. The highest BCUT2D eigenvalue weighted by Crippen LogP contribution is 2.43. The second-order valence-corrected chi connectivity index (χ2v) is 19.9. The molecule has 0 aromatic carbocycles. The number of carbonyl (C=O) groups excluding carboxylic acids is 1. The van der Waals surface area contributed by atoms with Gasteiger partial charge in [0.2, 0.25) is 0 Å². The summed E-state index contributed by atoms with van der Waals surface area (Å²) in [5.74, 6) is -0.337. The molecule has 2 unspecified atom stereocenters. The average molecular weight is 924 g/mol. The van der Waals surface area contributed by atoms with Crippen molar-refractivity contribution in [2.75, 3.05) is 33.0 Å². The highest BCUT2D eigenvalue weighted by Gasteiger charge is 2.25. The molecule has 0 fully saturated rings. The summed E-state index contributed by atoms with van der Waals surface area (Å²) in [6.07, 6.45) is 63.3. The molecule has 0 amide bonds. The van der Waals surface area contributed by atoms with E-state index in [2.05, 4.69) is 50.3 Å². The number of nitrogens with two attached hydrogens (primary N) is 1. The predicted octanol–water partition coefficient (Wildman–Crippen LogP) is 17.3. The smallest absolute Gasteiger partial charge is 0.457 e. The molecule has 0 bridgehead atoms. The Hall–Kier alpha value is -1.28. The Balaban J connectivity index is 3.90. The summed E-state index contributed by atoms with van der Waals surface area (Å²) in [6.45, 7) is 4.95. The first-order valence-electron chi connectivity index (χ1n) is 27.5. The van der Waals surface area contributed by atoms with Crippen LogP contribution >= 0.6 is 7.82 Å². The zero-order chi connectivity index (χ0) is 46.5. The second kappa shape index (κ2) is 52.7. The van der Waals surface area contributed by atoms with Crippen LogP contribution in [0.4, 0.5) is 0 Å². The highest BCUT2D eigenvalue weighted by atomic mass is 31.2. The zero-order valence-corrected chi connectivity index (χ0v) is 43.2. The van der Waals surface area contributed by atoms with Crippen LogP contribution in [0.2, 0.25) is 0 Å². The van der Waals surface area contributed by atoms with Crippen LogP contribution in [-0.2, 0) is 27.9 Å². The lowest BCUT2D eigenvalue weighted by molar-refractivity contribution is -0.154. The minimum absolute atomic E-state index is 0.0970. The van der Waals surface area contributed by atoms with Crippen LogP contribution in [0, 0.1) is 0 Å². The summed E-state index contributed by atoms with van der Waals surface area (Å²) in [6, 6.07) is 0. The lowest BCUT2D eigenvalue weighted by Crippen LogP contribution is -2.28. The van der Waals surface area contributed by atoms with E-state index in [0.717, 1.165) is 57.8 Å². The third-order valence-electron chi connectivity index (χ3n) is 12.1. The average Bonchev–Trinajstić information content (AvgIpc) is 3.29. The highest BCUT2D eigenvalue weighted by molar-refractivity contribution is 7.47. The van der Waals surface area contributed by atoms with Crippen molar-refractivity contribution in [1.82, 2.24) is 0 Å². The number of carbonyl (C=O) groups is 1. The maximum absolute atomic E-state index is 12.7. The van der Waals surface area contributed by atoms with Gasteiger partial charge >= 0.3 is 13.8 Å². The molecule has 378 valence electrons. The molecule has 0 aromatic rings. The van der Waals surface area contributed by atoms with E-state index in [1.165, 1.54) is 193 Å². The van der Waals surface area contributed by atoms with E-state index in [1.54, 1.807) is 0 Å². The zero-order valence-electron chi connectivity index (χ0n) is 42.3. The summed E-state index contributed by atoms with van der Waals surface area (Å²) in [5.41, 5.74) is 5.40. The first-order valence-corrected chi connectivity index (χ1v) is 29.0. The molecule has 3 N–H and O–H groups in total. The molecular weight excluding hydrogens is 818 g/mol. The quantitative estimate of drug-likeness (QED) is 0.0268. The number of unbranched alkanes of at least 4 members (excludes halogenated alkanes) is 34. The number of allylic oxidation sites excluding steroid dienone is 6. The minimum atomic E-state index is -4.29. The lowest BCUT2D eigenvalue weighted by atomic mass is 10.0. The first kappa shape index (κ1) is 62.7. The van der Waals surface area contributed by atoms with Crippen LogP contribution < -0.4 is 5.73 Å². The van der Waals surface area contributed by atoms with Crippen LogP contribution in [-0.4, -0.2) is 49.9 Å². The number of ether oxygens (including phenoxy) is 2. The third kappa shape index (κ3) is 51.7. The van der Waals surface area contributed by atoms with Gasteiger partial charge in [-0.1, -0.05) is 249 Å².